The molecule has 2 fully saturated rings. The third-order valence-electron chi connectivity index (χ3n) is 7.76. The van der Waals surface area contributed by atoms with E-state index in [-0.39, 0.29) is 40.7 Å². The number of halogens is 1. The highest BCUT2D eigenvalue weighted by atomic mass is 79.9. The van der Waals surface area contributed by atoms with Crippen LogP contribution in [0.3, 0.4) is 0 Å². The summed E-state index contributed by atoms with van der Waals surface area (Å²) in [5.74, 6) is 1.18. The van der Waals surface area contributed by atoms with Crippen LogP contribution in [0, 0.1) is 5.41 Å². The van der Waals surface area contributed by atoms with Crippen molar-refractivity contribution in [2.45, 2.75) is 77.3 Å². The Kier molecular flexibility index (Phi) is 8.40. The minimum absolute atomic E-state index is 0. The molecule has 39 heavy (non-hydrogen) atoms. The lowest BCUT2D eigenvalue weighted by molar-refractivity contribution is -0.144. The summed E-state index contributed by atoms with van der Waals surface area (Å²) in [5, 5.41) is 8.73. The third kappa shape index (κ3) is 5.69. The van der Waals surface area contributed by atoms with Crippen molar-refractivity contribution in [2.24, 2.45) is 0 Å². The number of hydrogen-bond donors (Lipinski definition) is 1. The molecule has 3 aliphatic rings. The lowest BCUT2D eigenvalue weighted by atomic mass is 9.84. The maximum Gasteiger partial charge on any atom is 0.328 e. The third-order valence-corrected chi connectivity index (χ3v) is 7.76. The molecule has 0 radical (unpaired) electrons. The molecule has 1 aromatic carbocycles. The molecule has 1 saturated heterocycles. The largest absolute Gasteiger partial charge is 0.494 e. The molecule has 1 N–H and O–H groups in total. The summed E-state index contributed by atoms with van der Waals surface area (Å²) in [7, 11) is 1.64. The first-order valence-electron chi connectivity index (χ1n) is 13.6. The molecule has 2 aliphatic heterocycles. The van der Waals surface area contributed by atoms with Gasteiger partial charge in [0.1, 0.15) is 23.3 Å². The number of pyridine rings is 1. The zero-order chi connectivity index (χ0) is 27.2. The number of nitrogens with one attached hydrogen (secondary N) is 1. The molecule has 1 saturated carbocycles. The second-order valence-corrected chi connectivity index (χ2v) is 11.6. The number of amidine groups is 1. The molecule has 1 aliphatic carbocycles. The zero-order valence-corrected chi connectivity index (χ0v) is 25.2. The topological polar surface area (TPSA) is 95.8 Å². The molecule has 1 aromatic heterocycles. The van der Waals surface area contributed by atoms with Crippen molar-refractivity contribution in [3.8, 4) is 5.75 Å². The Balaban J connectivity index is 0.00000353. The van der Waals surface area contributed by atoms with Gasteiger partial charge in [0.05, 0.1) is 25.9 Å². The summed E-state index contributed by atoms with van der Waals surface area (Å²) in [6, 6.07) is 7.48. The monoisotopic (exact) mass is 598 g/mol. The van der Waals surface area contributed by atoms with Crippen molar-refractivity contribution in [2.75, 3.05) is 31.7 Å². The van der Waals surface area contributed by atoms with E-state index in [1.165, 1.54) is 0 Å². The van der Waals surface area contributed by atoms with Crippen LogP contribution in [0.25, 0.3) is 0 Å². The van der Waals surface area contributed by atoms with Gasteiger partial charge < -0.3 is 19.3 Å². The molecule has 0 bridgehead atoms. The van der Waals surface area contributed by atoms with Crippen molar-refractivity contribution in [3.63, 3.8) is 0 Å². The second-order valence-electron chi connectivity index (χ2n) is 11.6. The van der Waals surface area contributed by atoms with Crippen LogP contribution in [0.4, 0.5) is 5.69 Å². The van der Waals surface area contributed by atoms with E-state index in [2.05, 4.69) is 32.9 Å². The summed E-state index contributed by atoms with van der Waals surface area (Å²) in [6.07, 6.45) is 3.87. The van der Waals surface area contributed by atoms with Gasteiger partial charge in [-0.05, 0) is 56.2 Å². The van der Waals surface area contributed by atoms with Crippen LogP contribution in [0.5, 0.6) is 5.75 Å². The molecule has 9 heteroatoms. The van der Waals surface area contributed by atoms with Gasteiger partial charge in [-0.3, -0.25) is 10.2 Å². The van der Waals surface area contributed by atoms with E-state index in [1.54, 1.807) is 12.0 Å². The van der Waals surface area contributed by atoms with E-state index in [9.17, 15) is 9.59 Å². The molecule has 3 heterocycles. The molecule has 8 nitrogen and oxygen atoms in total. The normalized spacial score (nSPS) is 18.6. The number of fused-ring (bicyclic) bond motifs is 1. The van der Waals surface area contributed by atoms with Gasteiger partial charge in [-0.1, -0.05) is 26.8 Å². The summed E-state index contributed by atoms with van der Waals surface area (Å²) in [6.45, 7) is 9.68. The van der Waals surface area contributed by atoms with Gasteiger partial charge in [0.25, 0.3) is 0 Å². The highest BCUT2D eigenvalue weighted by Gasteiger charge is 2.37. The average Bonchev–Trinajstić information content (AvgIpc) is 3.54. The molecule has 2 aromatic rings. The number of Topliss-reactive ketones (excluding diaryl/α,β-unsaturated/α-hetero) is 1. The van der Waals surface area contributed by atoms with Crippen LogP contribution < -0.4 is 9.64 Å². The standard InChI is InChI=1S/C30H38N4O4.BrH/c1-6-38-29(36)23-8-7-13-34(23)24-15-20(14-21(27(24)37-5)30(2,3)4)25(35)17-33-16-19-11-12-22(18-9-10-18)32-26(19)28(33)31;/h11-12,14-15,18,23,31H,6-10,13,16-17H2,1-5H3;1H. The van der Waals surface area contributed by atoms with Crippen LogP contribution in [0.2, 0.25) is 0 Å². The zero-order valence-electron chi connectivity index (χ0n) is 23.5. The van der Waals surface area contributed by atoms with Crippen molar-refractivity contribution in [1.82, 2.24) is 9.88 Å². The van der Waals surface area contributed by atoms with Gasteiger partial charge in [-0.15, -0.1) is 17.0 Å². The van der Waals surface area contributed by atoms with Crippen LogP contribution in [-0.2, 0) is 21.5 Å². The lowest BCUT2D eigenvalue weighted by Gasteiger charge is -2.31. The Morgan fingerprint density at radius 2 is 1.90 bits per heavy atom. The van der Waals surface area contributed by atoms with E-state index in [4.69, 9.17) is 19.9 Å². The van der Waals surface area contributed by atoms with E-state index in [1.807, 2.05) is 24.0 Å². The van der Waals surface area contributed by atoms with Crippen LogP contribution >= 0.6 is 17.0 Å². The summed E-state index contributed by atoms with van der Waals surface area (Å²) in [5.41, 5.74) is 4.65. The molecule has 1 atom stereocenters. The Morgan fingerprint density at radius 1 is 1.15 bits per heavy atom. The van der Waals surface area contributed by atoms with Gasteiger partial charge >= 0.3 is 5.97 Å². The molecule has 210 valence electrons. The number of hydrogen-bond acceptors (Lipinski definition) is 7. The molecule has 5 rings (SSSR count). The van der Waals surface area contributed by atoms with Crippen LogP contribution in [-0.4, -0.2) is 60.3 Å². The first kappa shape index (κ1) is 29.1. The molecule has 0 amide bonds. The molecule has 1 unspecified atom stereocenters. The number of ether oxygens (including phenoxy) is 2. The smallest absolute Gasteiger partial charge is 0.328 e. The fraction of sp³-hybridized carbons (Fsp3) is 0.533. The first-order valence-corrected chi connectivity index (χ1v) is 13.6. The van der Waals surface area contributed by atoms with Crippen molar-refractivity contribution in [3.05, 3.63) is 52.3 Å². The SMILES string of the molecule is Br.CCOC(=O)C1CCCN1c1cc(C(=O)CN2Cc3ccc(C4CC4)nc3C2=N)cc(C(C)(C)C)c1OC. The Morgan fingerprint density at radius 3 is 2.54 bits per heavy atom. The van der Waals surface area contributed by atoms with Gasteiger partial charge in [-0.2, -0.15) is 0 Å². The number of ketones is 1. The molecule has 0 spiro atoms. The quantitative estimate of drug-likeness (QED) is 0.321. The van der Waals surface area contributed by atoms with E-state index < -0.39 is 6.04 Å². The Labute approximate surface area is 241 Å². The number of methoxy groups -OCH3 is 1. The minimum Gasteiger partial charge on any atom is -0.494 e. The minimum atomic E-state index is -0.407. The van der Waals surface area contributed by atoms with Crippen molar-refractivity contribution >= 4 is 40.3 Å². The lowest BCUT2D eigenvalue weighted by Crippen LogP contribution is -2.38. The van der Waals surface area contributed by atoms with Crippen molar-refractivity contribution in [1.29, 1.82) is 5.41 Å². The Hall–Kier alpha value is -2.94. The maximum atomic E-state index is 13.7. The first-order chi connectivity index (χ1) is 18.1. The number of esters is 1. The number of rotatable bonds is 8. The number of aromatic nitrogens is 1. The highest BCUT2D eigenvalue weighted by Crippen LogP contribution is 2.43. The van der Waals surface area contributed by atoms with Crippen molar-refractivity contribution < 1.29 is 19.1 Å². The van der Waals surface area contributed by atoms with E-state index in [0.29, 0.717) is 54.9 Å². The second kappa shape index (κ2) is 11.3. The maximum absolute atomic E-state index is 13.7. The predicted octanol–water partition coefficient (Wildman–Crippen LogP) is 5.40. The number of carbonyl (C=O) groups excluding carboxylic acids is 2. The summed E-state index contributed by atoms with van der Waals surface area (Å²) >= 11 is 0. The molecular weight excluding hydrogens is 560 g/mol. The summed E-state index contributed by atoms with van der Waals surface area (Å²) < 4.78 is 11.3. The van der Waals surface area contributed by atoms with Crippen LogP contribution in [0.15, 0.2) is 24.3 Å². The fourth-order valence-electron chi connectivity index (χ4n) is 5.57. The van der Waals surface area contributed by atoms with Gasteiger partial charge in [0, 0.05) is 41.4 Å². The van der Waals surface area contributed by atoms with Crippen LogP contribution in [0.1, 0.15) is 92.2 Å². The average molecular weight is 600 g/mol. The summed E-state index contributed by atoms with van der Waals surface area (Å²) in [4.78, 5) is 35.1. The fourth-order valence-corrected chi connectivity index (χ4v) is 5.57. The number of anilines is 1. The van der Waals surface area contributed by atoms with Gasteiger partial charge in [0.2, 0.25) is 0 Å². The molecular formula is C30H39BrN4O4. The highest BCUT2D eigenvalue weighted by molar-refractivity contribution is 8.93. The number of nitrogens with zero attached hydrogens (tertiary/aromatic N) is 3. The van der Waals surface area contributed by atoms with E-state index >= 15 is 0 Å². The number of benzene rings is 1. The van der Waals surface area contributed by atoms with Gasteiger partial charge in [-0.25, -0.2) is 9.78 Å². The van der Waals surface area contributed by atoms with Gasteiger partial charge in [0.15, 0.2) is 5.78 Å². The number of carbonyl (C=O) groups is 2. The van der Waals surface area contributed by atoms with E-state index in [0.717, 1.165) is 41.8 Å². The Bertz CT molecular complexity index is 1280. The predicted molar refractivity (Wildman–Crippen MR) is 157 cm³/mol.